The molecule has 3 rings (SSSR count). The first-order valence-corrected chi connectivity index (χ1v) is 10.6. The topological polar surface area (TPSA) is 87.4 Å². The molecule has 1 heterocycles. The van der Waals surface area contributed by atoms with Crippen LogP contribution >= 0.6 is 0 Å². The molecule has 0 aromatic heterocycles. The van der Waals surface area contributed by atoms with Gasteiger partial charge in [-0.25, -0.2) is 4.79 Å². The molecule has 1 aliphatic heterocycles. The molecule has 148 valence electrons. The van der Waals surface area contributed by atoms with Gasteiger partial charge in [-0.15, -0.1) is 0 Å². The molecule has 1 aliphatic rings. The molecule has 2 aromatic rings. The molecule has 29 heavy (non-hydrogen) atoms. The lowest BCUT2D eigenvalue weighted by molar-refractivity contribution is -0.133. The van der Waals surface area contributed by atoms with Gasteiger partial charge in [-0.3, -0.25) is 0 Å². The Morgan fingerprint density at radius 3 is 2.28 bits per heavy atom. The fourth-order valence-electron chi connectivity index (χ4n) is 3.75. The molecule has 2 unspecified atom stereocenters. The van der Waals surface area contributed by atoms with Crippen LogP contribution in [0.2, 0.25) is 0 Å². The number of carbonyl (C=O) groups is 1. The SMILES string of the molecule is CCN1C(C)=C(C#N)C(c2ccccc2)C(C(=O)O)=C1C[S+]([O-])c1ccccc1. The molecule has 0 spiro atoms. The molecule has 0 radical (unpaired) electrons. The van der Waals surface area contributed by atoms with Gasteiger partial charge in [0.05, 0.1) is 28.8 Å². The van der Waals surface area contributed by atoms with Crippen LogP contribution < -0.4 is 0 Å². The van der Waals surface area contributed by atoms with Gasteiger partial charge in [0.2, 0.25) is 0 Å². The number of nitriles is 1. The second-order valence-electron chi connectivity index (χ2n) is 6.67. The first-order chi connectivity index (χ1) is 14.0. The summed E-state index contributed by atoms with van der Waals surface area (Å²) in [5.74, 6) is -1.72. The number of carboxylic acids is 1. The highest BCUT2D eigenvalue weighted by molar-refractivity contribution is 7.91. The van der Waals surface area contributed by atoms with Crippen molar-refractivity contribution in [3.8, 4) is 6.07 Å². The Bertz CT molecular complexity index is 994. The van der Waals surface area contributed by atoms with Crippen LogP contribution in [-0.2, 0) is 16.0 Å². The first-order valence-electron chi connectivity index (χ1n) is 9.32. The summed E-state index contributed by atoms with van der Waals surface area (Å²) in [6.45, 7) is 4.20. The van der Waals surface area contributed by atoms with E-state index in [9.17, 15) is 19.7 Å². The Labute approximate surface area is 173 Å². The van der Waals surface area contributed by atoms with E-state index in [2.05, 4.69) is 6.07 Å². The predicted molar refractivity (Wildman–Crippen MR) is 112 cm³/mol. The third kappa shape index (κ3) is 4.07. The number of aliphatic carboxylic acids is 1. The van der Waals surface area contributed by atoms with E-state index in [0.29, 0.717) is 28.4 Å². The second-order valence-corrected chi connectivity index (χ2v) is 8.12. The maximum atomic E-state index is 13.0. The molecule has 0 bridgehead atoms. The minimum Gasteiger partial charge on any atom is -0.611 e. The van der Waals surface area contributed by atoms with Gasteiger partial charge in [-0.2, -0.15) is 5.26 Å². The van der Waals surface area contributed by atoms with E-state index in [1.165, 1.54) is 0 Å². The number of hydrogen-bond donors (Lipinski definition) is 1. The fraction of sp³-hybridized carbons (Fsp3) is 0.217. The highest BCUT2D eigenvalue weighted by Gasteiger charge is 2.39. The lowest BCUT2D eigenvalue weighted by Crippen LogP contribution is -2.35. The summed E-state index contributed by atoms with van der Waals surface area (Å²) in [7, 11) is 0. The first kappa shape index (κ1) is 20.7. The van der Waals surface area contributed by atoms with Gasteiger partial charge in [-0.05, 0) is 42.7 Å². The van der Waals surface area contributed by atoms with Gasteiger partial charge < -0.3 is 14.6 Å². The molecule has 5 nitrogen and oxygen atoms in total. The van der Waals surface area contributed by atoms with Crippen molar-refractivity contribution in [3.63, 3.8) is 0 Å². The highest BCUT2D eigenvalue weighted by Crippen LogP contribution is 2.42. The molecule has 1 N–H and O–H groups in total. The van der Waals surface area contributed by atoms with Gasteiger partial charge in [-0.1, -0.05) is 48.5 Å². The van der Waals surface area contributed by atoms with E-state index < -0.39 is 23.1 Å². The van der Waals surface area contributed by atoms with Crippen LogP contribution in [0.4, 0.5) is 0 Å². The molecule has 0 saturated carbocycles. The third-order valence-corrected chi connectivity index (χ3v) is 6.42. The quantitative estimate of drug-likeness (QED) is 0.731. The van der Waals surface area contributed by atoms with Crippen LogP contribution in [0.3, 0.4) is 0 Å². The minimum atomic E-state index is -1.41. The van der Waals surface area contributed by atoms with Crippen LogP contribution in [0, 0.1) is 11.3 Å². The summed E-state index contributed by atoms with van der Waals surface area (Å²) in [6, 6.07) is 20.4. The summed E-state index contributed by atoms with van der Waals surface area (Å²) < 4.78 is 13.0. The summed E-state index contributed by atoms with van der Waals surface area (Å²) >= 11 is -1.41. The average Bonchev–Trinajstić information content (AvgIpc) is 2.74. The second kappa shape index (κ2) is 8.99. The maximum Gasteiger partial charge on any atom is 0.334 e. The van der Waals surface area contributed by atoms with E-state index in [0.717, 1.165) is 5.56 Å². The van der Waals surface area contributed by atoms with Crippen LogP contribution in [0.5, 0.6) is 0 Å². The molecule has 2 atom stereocenters. The summed E-state index contributed by atoms with van der Waals surface area (Å²) in [6.07, 6.45) is 0. The number of nitrogens with zero attached hydrogens (tertiary/aromatic N) is 2. The Morgan fingerprint density at radius 1 is 1.17 bits per heavy atom. The monoisotopic (exact) mass is 406 g/mol. The number of benzene rings is 2. The summed E-state index contributed by atoms with van der Waals surface area (Å²) in [5.41, 5.74) is 2.45. The summed E-state index contributed by atoms with van der Waals surface area (Å²) in [5, 5.41) is 20.0. The van der Waals surface area contributed by atoms with Crippen LogP contribution in [-0.4, -0.2) is 32.8 Å². The molecule has 6 heteroatoms. The Balaban J connectivity index is 2.17. The average molecular weight is 407 g/mol. The normalized spacial score (nSPS) is 17.9. The highest BCUT2D eigenvalue weighted by atomic mass is 32.2. The summed E-state index contributed by atoms with van der Waals surface area (Å²) in [4.78, 5) is 14.8. The lowest BCUT2D eigenvalue weighted by Gasteiger charge is -2.36. The molecule has 2 aromatic carbocycles. The van der Waals surface area contributed by atoms with Crippen molar-refractivity contribution < 1.29 is 14.5 Å². The van der Waals surface area contributed by atoms with Gasteiger partial charge in [0.1, 0.15) is 0 Å². The smallest absolute Gasteiger partial charge is 0.334 e. The lowest BCUT2D eigenvalue weighted by atomic mass is 9.80. The molecular formula is C23H22N2O3S. The fourth-order valence-corrected chi connectivity index (χ4v) is 4.93. The van der Waals surface area contributed by atoms with Crippen LogP contribution in [0.1, 0.15) is 25.3 Å². The number of allylic oxidation sites excluding steroid dienone is 2. The van der Waals surface area contributed by atoms with Crippen molar-refractivity contribution in [1.29, 1.82) is 5.26 Å². The van der Waals surface area contributed by atoms with Gasteiger partial charge in [0.25, 0.3) is 0 Å². The Kier molecular flexibility index (Phi) is 6.42. The Morgan fingerprint density at radius 2 is 1.76 bits per heavy atom. The zero-order chi connectivity index (χ0) is 21.0. The van der Waals surface area contributed by atoms with E-state index in [1.54, 1.807) is 12.1 Å². The van der Waals surface area contributed by atoms with E-state index in [4.69, 9.17) is 0 Å². The van der Waals surface area contributed by atoms with Gasteiger partial charge in [0.15, 0.2) is 10.6 Å². The predicted octanol–water partition coefficient (Wildman–Crippen LogP) is 4.05. The van der Waals surface area contributed by atoms with Gasteiger partial charge >= 0.3 is 5.97 Å². The molecular weight excluding hydrogens is 384 g/mol. The zero-order valence-electron chi connectivity index (χ0n) is 16.3. The van der Waals surface area contributed by atoms with E-state index >= 15 is 0 Å². The van der Waals surface area contributed by atoms with E-state index in [1.807, 2.05) is 67.3 Å². The van der Waals surface area contributed by atoms with Crippen molar-refractivity contribution in [2.75, 3.05) is 12.3 Å². The number of hydrogen-bond acceptors (Lipinski definition) is 4. The number of rotatable bonds is 6. The molecule has 0 saturated heterocycles. The van der Waals surface area contributed by atoms with Crippen molar-refractivity contribution >= 4 is 17.1 Å². The Hall–Kier alpha value is -3.01. The van der Waals surface area contributed by atoms with Crippen molar-refractivity contribution in [2.45, 2.75) is 24.7 Å². The molecule has 0 aliphatic carbocycles. The maximum absolute atomic E-state index is 13.0. The van der Waals surface area contributed by atoms with Crippen molar-refractivity contribution in [1.82, 2.24) is 4.90 Å². The molecule has 0 fully saturated rings. The van der Waals surface area contributed by atoms with Crippen molar-refractivity contribution in [3.05, 3.63) is 88.8 Å². The van der Waals surface area contributed by atoms with E-state index in [-0.39, 0.29) is 11.3 Å². The van der Waals surface area contributed by atoms with Crippen LogP contribution in [0.25, 0.3) is 0 Å². The largest absolute Gasteiger partial charge is 0.611 e. The number of carboxylic acid groups (broad SMARTS) is 1. The van der Waals surface area contributed by atoms with Crippen molar-refractivity contribution in [2.24, 2.45) is 0 Å². The zero-order valence-corrected chi connectivity index (χ0v) is 17.1. The standard InChI is InChI=1S/C23H22N2O3S/c1-3-25-16(2)19(14-24)21(17-10-6-4-7-11-17)22(23(26)27)20(25)15-29(28)18-12-8-5-9-13-18/h4-13,21H,3,15H2,1-2H3,(H,26,27). The third-order valence-electron chi connectivity index (χ3n) is 5.08. The van der Waals surface area contributed by atoms with Crippen LogP contribution in [0.15, 0.2) is 88.1 Å². The minimum absolute atomic E-state index is 0.0683. The molecule has 0 amide bonds. The van der Waals surface area contributed by atoms with Gasteiger partial charge in [0, 0.05) is 12.2 Å².